The zero-order valence-corrected chi connectivity index (χ0v) is 12.0. The summed E-state index contributed by atoms with van der Waals surface area (Å²) in [7, 11) is 0. The molecule has 2 rings (SSSR count). The average Bonchev–Trinajstić information content (AvgIpc) is 2.78. The van der Waals surface area contributed by atoms with E-state index in [1.807, 2.05) is 0 Å². The summed E-state index contributed by atoms with van der Waals surface area (Å²) in [6, 6.07) is 0. The van der Waals surface area contributed by atoms with E-state index in [0.717, 1.165) is 0 Å². The van der Waals surface area contributed by atoms with Crippen LogP contribution in [0.5, 0.6) is 0 Å². The predicted octanol–water partition coefficient (Wildman–Crippen LogP) is 1.07. The Balaban J connectivity index is 2.41. The van der Waals surface area contributed by atoms with Crippen LogP contribution in [0.4, 0.5) is 0 Å². The van der Waals surface area contributed by atoms with Crippen LogP contribution in [0.3, 0.4) is 0 Å². The van der Waals surface area contributed by atoms with Gasteiger partial charge in [-0.3, -0.25) is 0 Å². The van der Waals surface area contributed by atoms with E-state index in [-0.39, 0.29) is 31.0 Å². The van der Waals surface area contributed by atoms with Gasteiger partial charge in [0.15, 0.2) is 5.60 Å². The first kappa shape index (κ1) is 14.8. The molecule has 1 saturated carbocycles. The third kappa shape index (κ3) is 1.82. The fraction of sp³-hybridized carbons (Fsp3) is 0.714. The monoisotopic (exact) mass is 284 g/mol. The summed E-state index contributed by atoms with van der Waals surface area (Å²) in [6.45, 7) is 5.31. The van der Waals surface area contributed by atoms with Gasteiger partial charge in [-0.2, -0.15) is 0 Å². The number of hydrogen-bond donors (Lipinski definition) is 1. The fourth-order valence-corrected chi connectivity index (χ4v) is 3.14. The number of hydrogen-bond acceptors (Lipinski definition) is 6. The minimum absolute atomic E-state index is 0.0462. The van der Waals surface area contributed by atoms with E-state index >= 15 is 0 Å². The van der Waals surface area contributed by atoms with Crippen LogP contribution in [0.2, 0.25) is 0 Å². The highest BCUT2D eigenvalue weighted by atomic mass is 16.6. The average molecular weight is 284 g/mol. The third-order valence-corrected chi connectivity index (χ3v) is 3.91. The standard InChI is InChI=1S/C14H20O6/c1-4-18-11(15)10-9(3)20-14(12(16)19-5-2)8-6-7-13(10,14)17/h17H,4-8H2,1-3H3. The Kier molecular flexibility index (Phi) is 3.77. The minimum Gasteiger partial charge on any atom is -0.476 e. The second-order valence-corrected chi connectivity index (χ2v) is 5.02. The molecule has 1 aliphatic heterocycles. The van der Waals surface area contributed by atoms with Gasteiger partial charge in [0.1, 0.15) is 11.3 Å². The first-order chi connectivity index (χ1) is 9.43. The fourth-order valence-electron chi connectivity index (χ4n) is 3.14. The van der Waals surface area contributed by atoms with Crippen LogP contribution in [0.15, 0.2) is 11.3 Å². The van der Waals surface area contributed by atoms with E-state index < -0.39 is 23.1 Å². The second kappa shape index (κ2) is 5.09. The van der Waals surface area contributed by atoms with Crippen molar-refractivity contribution < 1.29 is 28.9 Å². The molecule has 20 heavy (non-hydrogen) atoms. The van der Waals surface area contributed by atoms with Crippen molar-refractivity contribution in [3.05, 3.63) is 11.3 Å². The molecule has 0 spiro atoms. The van der Waals surface area contributed by atoms with Gasteiger partial charge in [0.05, 0.1) is 13.2 Å². The molecule has 6 nitrogen and oxygen atoms in total. The Morgan fingerprint density at radius 1 is 1.25 bits per heavy atom. The number of esters is 2. The van der Waals surface area contributed by atoms with E-state index in [1.54, 1.807) is 20.8 Å². The van der Waals surface area contributed by atoms with Crippen LogP contribution < -0.4 is 0 Å². The zero-order valence-electron chi connectivity index (χ0n) is 12.0. The Morgan fingerprint density at radius 2 is 1.90 bits per heavy atom. The third-order valence-electron chi connectivity index (χ3n) is 3.91. The van der Waals surface area contributed by atoms with Gasteiger partial charge >= 0.3 is 11.9 Å². The van der Waals surface area contributed by atoms with Gasteiger partial charge in [0.25, 0.3) is 0 Å². The molecule has 2 unspecified atom stereocenters. The lowest BCUT2D eigenvalue weighted by molar-refractivity contribution is -0.181. The van der Waals surface area contributed by atoms with Crippen molar-refractivity contribution in [2.75, 3.05) is 13.2 Å². The molecule has 0 radical (unpaired) electrons. The summed E-state index contributed by atoms with van der Waals surface area (Å²) < 4.78 is 15.6. The topological polar surface area (TPSA) is 82.1 Å². The molecule has 0 aromatic rings. The van der Waals surface area contributed by atoms with Gasteiger partial charge in [-0.05, 0) is 33.6 Å². The summed E-state index contributed by atoms with van der Waals surface area (Å²) in [5.41, 5.74) is -3.12. The van der Waals surface area contributed by atoms with Gasteiger partial charge in [0.2, 0.25) is 5.60 Å². The molecule has 2 aliphatic rings. The largest absolute Gasteiger partial charge is 0.476 e. The van der Waals surface area contributed by atoms with E-state index in [2.05, 4.69) is 0 Å². The summed E-state index contributed by atoms with van der Waals surface area (Å²) in [6.07, 6.45) is 1.17. The maximum atomic E-state index is 12.2. The first-order valence-electron chi connectivity index (χ1n) is 6.90. The predicted molar refractivity (Wildman–Crippen MR) is 68.6 cm³/mol. The quantitative estimate of drug-likeness (QED) is 0.778. The lowest BCUT2D eigenvalue weighted by Crippen LogP contribution is -2.56. The molecule has 1 fully saturated rings. The molecule has 1 heterocycles. The molecule has 0 bridgehead atoms. The lowest BCUT2D eigenvalue weighted by atomic mass is 9.81. The SMILES string of the molecule is CCOC(=O)C1=C(C)OC2(C(=O)OCC)CCCC12O. The van der Waals surface area contributed by atoms with Crippen molar-refractivity contribution in [1.82, 2.24) is 0 Å². The zero-order chi connectivity index (χ0) is 15.0. The van der Waals surface area contributed by atoms with Crippen molar-refractivity contribution >= 4 is 11.9 Å². The van der Waals surface area contributed by atoms with Crippen molar-refractivity contribution in [3.8, 4) is 0 Å². The highest BCUT2D eigenvalue weighted by Gasteiger charge is 2.70. The maximum Gasteiger partial charge on any atom is 0.353 e. The number of carbonyl (C=O) groups is 2. The van der Waals surface area contributed by atoms with Gasteiger partial charge in [-0.15, -0.1) is 0 Å². The molecular weight excluding hydrogens is 264 g/mol. The molecular formula is C14H20O6. The van der Waals surface area contributed by atoms with Gasteiger partial charge in [0, 0.05) is 6.42 Å². The van der Waals surface area contributed by atoms with E-state index in [0.29, 0.717) is 12.8 Å². The number of fused-ring (bicyclic) bond motifs is 1. The van der Waals surface area contributed by atoms with Crippen molar-refractivity contribution in [1.29, 1.82) is 0 Å². The second-order valence-electron chi connectivity index (χ2n) is 5.02. The minimum atomic E-state index is -1.66. The van der Waals surface area contributed by atoms with Crippen LogP contribution in [-0.4, -0.2) is 41.5 Å². The Hall–Kier alpha value is -1.56. The number of allylic oxidation sites excluding steroid dienone is 1. The van der Waals surface area contributed by atoms with Crippen LogP contribution in [0.1, 0.15) is 40.0 Å². The highest BCUT2D eigenvalue weighted by Crippen LogP contribution is 2.54. The van der Waals surface area contributed by atoms with Crippen LogP contribution in [0.25, 0.3) is 0 Å². The van der Waals surface area contributed by atoms with E-state index in [1.165, 1.54) is 0 Å². The molecule has 6 heteroatoms. The number of rotatable bonds is 4. The lowest BCUT2D eigenvalue weighted by Gasteiger charge is -2.33. The van der Waals surface area contributed by atoms with Crippen LogP contribution in [0, 0.1) is 0 Å². The summed E-state index contributed by atoms with van der Waals surface area (Å²) in [5.74, 6) is -1.03. The highest BCUT2D eigenvalue weighted by molar-refractivity contribution is 5.97. The molecule has 0 aromatic carbocycles. The van der Waals surface area contributed by atoms with Crippen LogP contribution in [-0.2, 0) is 23.8 Å². The molecule has 112 valence electrons. The Morgan fingerprint density at radius 3 is 2.50 bits per heavy atom. The molecule has 1 aliphatic carbocycles. The van der Waals surface area contributed by atoms with Crippen LogP contribution >= 0.6 is 0 Å². The van der Waals surface area contributed by atoms with E-state index in [9.17, 15) is 14.7 Å². The molecule has 0 aromatic heterocycles. The van der Waals surface area contributed by atoms with Crippen molar-refractivity contribution in [2.45, 2.75) is 51.2 Å². The number of ether oxygens (including phenoxy) is 3. The number of aliphatic hydroxyl groups is 1. The normalized spacial score (nSPS) is 31.8. The first-order valence-corrected chi connectivity index (χ1v) is 6.90. The summed E-state index contributed by atoms with van der Waals surface area (Å²) in [4.78, 5) is 24.3. The number of carbonyl (C=O) groups excluding carboxylic acids is 2. The molecule has 1 N–H and O–H groups in total. The maximum absolute atomic E-state index is 12.2. The summed E-state index contributed by atoms with van der Waals surface area (Å²) in [5, 5.41) is 10.9. The molecule has 0 amide bonds. The Labute approximate surface area is 117 Å². The summed E-state index contributed by atoms with van der Waals surface area (Å²) >= 11 is 0. The van der Waals surface area contributed by atoms with E-state index in [4.69, 9.17) is 14.2 Å². The smallest absolute Gasteiger partial charge is 0.353 e. The van der Waals surface area contributed by atoms with Gasteiger partial charge < -0.3 is 19.3 Å². The molecule has 2 atom stereocenters. The Bertz CT molecular complexity index is 468. The van der Waals surface area contributed by atoms with Crippen molar-refractivity contribution in [3.63, 3.8) is 0 Å². The van der Waals surface area contributed by atoms with Gasteiger partial charge in [-0.25, -0.2) is 9.59 Å². The molecule has 0 saturated heterocycles. The van der Waals surface area contributed by atoms with Gasteiger partial charge in [-0.1, -0.05) is 0 Å². The van der Waals surface area contributed by atoms with Crippen molar-refractivity contribution in [2.24, 2.45) is 0 Å².